The topological polar surface area (TPSA) is 118 Å². The Hall–Kier alpha value is -4.23. The van der Waals surface area contributed by atoms with Crippen LogP contribution in [0, 0.1) is 6.92 Å². The van der Waals surface area contributed by atoms with Gasteiger partial charge in [0.15, 0.2) is 5.76 Å². The van der Waals surface area contributed by atoms with E-state index in [2.05, 4.69) is 9.95 Å². The minimum Gasteiger partial charge on any atom is -0.457 e. The number of rotatable bonds is 8. The van der Waals surface area contributed by atoms with Crippen molar-refractivity contribution in [2.45, 2.75) is 39.7 Å². The summed E-state index contributed by atoms with van der Waals surface area (Å²) in [7, 11) is 0. The van der Waals surface area contributed by atoms with E-state index < -0.39 is 12.1 Å². The monoisotopic (exact) mass is 474 g/mol. The Kier molecular flexibility index (Phi) is 7.08. The summed E-state index contributed by atoms with van der Waals surface area (Å²) in [5.74, 6) is -0.170. The maximum atomic E-state index is 12.7. The molecule has 35 heavy (non-hydrogen) atoms. The number of esters is 1. The Labute approximate surface area is 202 Å². The molecule has 1 amide bonds. The van der Waals surface area contributed by atoms with Crippen molar-refractivity contribution in [1.29, 1.82) is 0 Å². The zero-order chi connectivity index (χ0) is 24.9. The summed E-state index contributed by atoms with van der Waals surface area (Å²) in [5, 5.41) is 4.11. The van der Waals surface area contributed by atoms with Crippen molar-refractivity contribution >= 4 is 23.5 Å². The van der Waals surface area contributed by atoms with Crippen LogP contribution in [-0.4, -0.2) is 47.0 Å². The molecule has 1 aromatic heterocycles. The van der Waals surface area contributed by atoms with Gasteiger partial charge < -0.3 is 19.5 Å². The molecule has 0 radical (unpaired) electrons. The maximum absolute atomic E-state index is 12.7. The van der Waals surface area contributed by atoms with E-state index in [1.54, 1.807) is 30.9 Å². The Morgan fingerprint density at radius 1 is 1.00 bits per heavy atom. The lowest BCUT2D eigenvalue weighted by Gasteiger charge is -2.21. The number of nitrogens with zero attached hydrogens (tertiary/aromatic N) is 4. The van der Waals surface area contributed by atoms with Crippen molar-refractivity contribution in [3.63, 3.8) is 0 Å². The van der Waals surface area contributed by atoms with Gasteiger partial charge in [0, 0.05) is 11.6 Å². The fraction of sp³-hybridized carbons (Fsp3) is 0.308. The van der Waals surface area contributed by atoms with E-state index in [-0.39, 0.29) is 18.4 Å². The van der Waals surface area contributed by atoms with Gasteiger partial charge in [-0.2, -0.15) is 4.79 Å². The highest BCUT2D eigenvalue weighted by atomic mass is 16.6. The van der Waals surface area contributed by atoms with Crippen LogP contribution in [0.1, 0.15) is 37.9 Å². The average Bonchev–Trinajstić information content (AvgIpc) is 3.63. The Morgan fingerprint density at radius 3 is 2.11 bits per heavy atom. The lowest BCUT2D eigenvalue weighted by molar-refractivity contribution is -0.139. The maximum Gasteiger partial charge on any atom is 0.422 e. The second kappa shape index (κ2) is 10.4. The minimum absolute atomic E-state index is 0.0886. The van der Waals surface area contributed by atoms with Gasteiger partial charge >= 0.3 is 17.8 Å². The summed E-state index contributed by atoms with van der Waals surface area (Å²) in [6.45, 7) is 5.76. The third-order valence-corrected chi connectivity index (χ3v) is 5.66. The molecule has 1 saturated carbocycles. The van der Waals surface area contributed by atoms with E-state index in [9.17, 15) is 15.1 Å². The lowest BCUT2D eigenvalue weighted by Crippen LogP contribution is -2.34. The summed E-state index contributed by atoms with van der Waals surface area (Å²) < 4.78 is 15.8. The Balaban J connectivity index is 1.59. The van der Waals surface area contributed by atoms with Gasteiger partial charge in [0.2, 0.25) is 0 Å². The number of aromatic nitrogens is 1. The van der Waals surface area contributed by atoms with Gasteiger partial charge in [-0.25, -0.2) is 9.59 Å². The number of ether oxygens (including phenoxy) is 2. The van der Waals surface area contributed by atoms with E-state index >= 15 is 0 Å². The molecule has 180 valence electrons. The molecule has 0 spiro atoms. The van der Waals surface area contributed by atoms with Gasteiger partial charge in [0.05, 0.1) is 18.8 Å². The van der Waals surface area contributed by atoms with Crippen LogP contribution in [0.2, 0.25) is 0 Å². The SMILES string of the molecule is CCOC(=O)C(=[N+]=[N-])c1ccc(-c2ccc(-c3onc(C)c3N(C(=O)OCC)C3CC3)cc2)cc1. The smallest absolute Gasteiger partial charge is 0.422 e. The van der Waals surface area contributed by atoms with Crippen LogP contribution in [0.15, 0.2) is 53.1 Å². The highest BCUT2D eigenvalue weighted by molar-refractivity contribution is 6.40. The molecule has 1 heterocycles. The number of benzene rings is 2. The van der Waals surface area contributed by atoms with Crippen LogP contribution < -0.4 is 4.90 Å². The molecule has 9 heteroatoms. The first-order valence-electron chi connectivity index (χ1n) is 11.5. The van der Waals surface area contributed by atoms with Crippen LogP contribution in [0.5, 0.6) is 0 Å². The van der Waals surface area contributed by atoms with Crippen LogP contribution in [0.4, 0.5) is 10.5 Å². The zero-order valence-corrected chi connectivity index (χ0v) is 19.9. The van der Waals surface area contributed by atoms with E-state index in [4.69, 9.17) is 14.0 Å². The van der Waals surface area contributed by atoms with Gasteiger partial charge in [-0.05, 0) is 56.9 Å². The molecule has 0 atom stereocenters. The molecular formula is C26H26N4O5. The molecule has 1 aliphatic carbocycles. The summed E-state index contributed by atoms with van der Waals surface area (Å²) in [6.07, 6.45) is 1.43. The average molecular weight is 475 g/mol. The number of anilines is 1. The van der Waals surface area contributed by atoms with Crippen molar-refractivity contribution in [2.24, 2.45) is 0 Å². The van der Waals surface area contributed by atoms with Gasteiger partial charge in [-0.3, -0.25) is 4.90 Å². The van der Waals surface area contributed by atoms with Gasteiger partial charge in [0.25, 0.3) is 0 Å². The summed E-state index contributed by atoms with van der Waals surface area (Å²) in [5.41, 5.74) is 13.4. The molecule has 0 unspecified atom stereocenters. The number of carbonyl (C=O) groups is 2. The number of hydrogen-bond donors (Lipinski definition) is 0. The normalized spacial score (nSPS) is 12.5. The number of aryl methyl sites for hydroxylation is 1. The fourth-order valence-electron chi connectivity index (χ4n) is 3.84. The van der Waals surface area contributed by atoms with Crippen molar-refractivity contribution in [3.8, 4) is 22.5 Å². The van der Waals surface area contributed by atoms with Crippen molar-refractivity contribution < 1.29 is 28.4 Å². The van der Waals surface area contributed by atoms with Crippen LogP contribution >= 0.6 is 0 Å². The standard InChI is InChI=1S/C26H26N4O5/c1-4-33-25(31)22(28-27)19-10-6-17(7-11-19)18-8-12-20(13-9-18)24-23(16(3)29-35-24)30(21-14-15-21)26(32)34-5-2/h6-13,21H,4-5,14-15H2,1-3H3. The number of carbonyl (C=O) groups excluding carboxylic acids is 2. The highest BCUT2D eigenvalue weighted by Crippen LogP contribution is 2.41. The molecule has 2 aromatic carbocycles. The molecule has 1 fully saturated rings. The minimum atomic E-state index is -0.687. The molecule has 4 rings (SSSR count). The van der Waals surface area contributed by atoms with E-state index in [1.807, 2.05) is 43.3 Å². The second-order valence-corrected chi connectivity index (χ2v) is 8.07. The molecule has 3 aromatic rings. The van der Waals surface area contributed by atoms with Crippen LogP contribution in [0.3, 0.4) is 0 Å². The van der Waals surface area contributed by atoms with Crippen molar-refractivity contribution in [2.75, 3.05) is 18.1 Å². The van der Waals surface area contributed by atoms with Crippen LogP contribution in [-0.2, 0) is 14.3 Å². The summed E-state index contributed by atoms with van der Waals surface area (Å²) in [4.78, 5) is 29.3. The summed E-state index contributed by atoms with van der Waals surface area (Å²) >= 11 is 0. The van der Waals surface area contributed by atoms with Gasteiger partial charge in [-0.15, -0.1) is 0 Å². The Bertz CT molecular complexity index is 1270. The fourth-order valence-corrected chi connectivity index (χ4v) is 3.84. The molecule has 0 N–H and O–H groups in total. The van der Waals surface area contributed by atoms with E-state index in [0.29, 0.717) is 29.3 Å². The molecule has 0 aliphatic heterocycles. The lowest BCUT2D eigenvalue weighted by atomic mass is 10.00. The molecule has 0 bridgehead atoms. The quantitative estimate of drug-likeness (QED) is 0.196. The largest absolute Gasteiger partial charge is 0.457 e. The zero-order valence-electron chi connectivity index (χ0n) is 19.9. The molecule has 9 nitrogen and oxygen atoms in total. The third-order valence-electron chi connectivity index (χ3n) is 5.66. The highest BCUT2D eigenvalue weighted by Gasteiger charge is 2.39. The first-order valence-corrected chi connectivity index (χ1v) is 11.5. The predicted molar refractivity (Wildman–Crippen MR) is 129 cm³/mol. The van der Waals surface area contributed by atoms with E-state index in [0.717, 1.165) is 29.5 Å². The van der Waals surface area contributed by atoms with Gasteiger partial charge in [-0.1, -0.05) is 41.6 Å². The predicted octanol–water partition coefficient (Wildman–Crippen LogP) is 5.02. The molecule has 1 aliphatic rings. The van der Waals surface area contributed by atoms with E-state index in [1.165, 1.54) is 0 Å². The van der Waals surface area contributed by atoms with Gasteiger partial charge in [0.1, 0.15) is 11.4 Å². The second-order valence-electron chi connectivity index (χ2n) is 8.07. The number of amides is 1. The summed E-state index contributed by atoms with van der Waals surface area (Å²) in [6, 6.07) is 14.8. The number of hydrogen-bond acceptors (Lipinski definition) is 6. The third kappa shape index (κ3) is 5.00. The first kappa shape index (κ1) is 23.9. The van der Waals surface area contributed by atoms with Crippen molar-refractivity contribution in [3.05, 3.63) is 65.3 Å². The first-order chi connectivity index (χ1) is 17.0. The Morgan fingerprint density at radius 2 is 1.57 bits per heavy atom. The molecule has 0 saturated heterocycles. The van der Waals surface area contributed by atoms with Crippen molar-refractivity contribution in [1.82, 2.24) is 5.16 Å². The molecular weight excluding hydrogens is 448 g/mol. The van der Waals surface area contributed by atoms with Crippen LogP contribution in [0.25, 0.3) is 28.0 Å².